The predicted octanol–water partition coefficient (Wildman–Crippen LogP) is -0.132. The molecule has 108 valence electrons. The minimum absolute atomic E-state index is 0.0800. The Morgan fingerprint density at radius 2 is 1.89 bits per heavy atom. The molecular formula is C12H19NO4SSe. The summed E-state index contributed by atoms with van der Waals surface area (Å²) < 4.78 is 28.5. The molecule has 1 atom stereocenters. The number of aliphatic hydroxyl groups excluding tert-OH is 1. The zero-order chi connectivity index (χ0) is 14.5. The fourth-order valence-electron chi connectivity index (χ4n) is 1.27. The number of sulfonamides is 1. The predicted molar refractivity (Wildman–Crippen MR) is 75.1 cm³/mol. The molecule has 1 aromatic rings. The Bertz CT molecular complexity index is 487. The first-order valence-electron chi connectivity index (χ1n) is 5.84. The van der Waals surface area contributed by atoms with E-state index in [9.17, 15) is 13.5 Å². The van der Waals surface area contributed by atoms with Crippen LogP contribution in [0.1, 0.15) is 13.8 Å². The Hall–Kier alpha value is -0.431. The maximum absolute atomic E-state index is 11.1. The van der Waals surface area contributed by atoms with Crippen molar-refractivity contribution in [2.75, 3.05) is 6.61 Å². The van der Waals surface area contributed by atoms with Gasteiger partial charge in [-0.1, -0.05) is 0 Å². The van der Waals surface area contributed by atoms with Gasteiger partial charge < -0.3 is 0 Å². The van der Waals surface area contributed by atoms with Gasteiger partial charge in [0.05, 0.1) is 0 Å². The molecule has 0 fully saturated rings. The van der Waals surface area contributed by atoms with Gasteiger partial charge >= 0.3 is 120 Å². The summed E-state index contributed by atoms with van der Waals surface area (Å²) >= 11 is 0.0800. The monoisotopic (exact) mass is 353 g/mol. The zero-order valence-corrected chi connectivity index (χ0v) is 13.5. The number of aliphatic hydroxyl groups is 1. The van der Waals surface area contributed by atoms with E-state index in [1.165, 1.54) is 12.1 Å². The average Bonchev–Trinajstić information content (AvgIpc) is 2.33. The Balaban J connectivity index is 2.46. The second-order valence-corrected chi connectivity index (χ2v) is 8.22. The third kappa shape index (κ3) is 6.51. The summed E-state index contributed by atoms with van der Waals surface area (Å²) in [7, 11) is -3.63. The molecule has 0 aromatic heterocycles. The Labute approximate surface area is 120 Å². The second kappa shape index (κ2) is 7.38. The van der Waals surface area contributed by atoms with Crippen molar-refractivity contribution >= 4 is 29.4 Å². The van der Waals surface area contributed by atoms with Crippen LogP contribution in [0, 0.1) is 0 Å². The normalized spacial score (nSPS) is 13.7. The van der Waals surface area contributed by atoms with Crippen LogP contribution in [0.5, 0.6) is 0 Å². The summed E-state index contributed by atoms with van der Waals surface area (Å²) in [6, 6.07) is 6.44. The van der Waals surface area contributed by atoms with Crippen molar-refractivity contribution in [2.24, 2.45) is 5.14 Å². The first-order valence-corrected chi connectivity index (χ1v) is 9.46. The van der Waals surface area contributed by atoms with Crippen molar-refractivity contribution in [1.29, 1.82) is 0 Å². The third-order valence-electron chi connectivity index (χ3n) is 2.22. The number of ether oxygens (including phenoxy) is 1. The van der Waals surface area contributed by atoms with Gasteiger partial charge in [0.15, 0.2) is 0 Å². The summed E-state index contributed by atoms with van der Waals surface area (Å²) in [4.78, 5) is 0.107. The quantitative estimate of drug-likeness (QED) is 0.669. The van der Waals surface area contributed by atoms with Gasteiger partial charge in [0.25, 0.3) is 0 Å². The molecule has 0 aliphatic rings. The van der Waals surface area contributed by atoms with Gasteiger partial charge in [-0.2, -0.15) is 0 Å². The molecule has 0 aliphatic heterocycles. The topological polar surface area (TPSA) is 89.6 Å². The van der Waals surface area contributed by atoms with Gasteiger partial charge in [-0.3, -0.25) is 0 Å². The fourth-order valence-corrected chi connectivity index (χ4v) is 3.48. The summed E-state index contributed by atoms with van der Waals surface area (Å²) in [5.74, 6) is 0. The van der Waals surface area contributed by atoms with Crippen molar-refractivity contribution in [1.82, 2.24) is 0 Å². The average molecular weight is 352 g/mol. The van der Waals surface area contributed by atoms with Crippen molar-refractivity contribution in [3.8, 4) is 0 Å². The minimum atomic E-state index is -3.63. The molecule has 7 heteroatoms. The van der Waals surface area contributed by atoms with Crippen LogP contribution in [0.15, 0.2) is 29.2 Å². The number of primary sulfonamides is 1. The van der Waals surface area contributed by atoms with Crippen LogP contribution < -0.4 is 9.60 Å². The van der Waals surface area contributed by atoms with Crippen LogP contribution in [-0.2, 0) is 14.8 Å². The molecule has 0 saturated carbocycles. The van der Waals surface area contributed by atoms with Crippen molar-refractivity contribution in [3.05, 3.63) is 24.3 Å². The molecular weight excluding hydrogens is 333 g/mol. The third-order valence-corrected chi connectivity index (χ3v) is 5.57. The summed E-state index contributed by atoms with van der Waals surface area (Å²) in [5.41, 5.74) is 0. The van der Waals surface area contributed by atoms with Gasteiger partial charge in [-0.05, 0) is 0 Å². The number of hydrogen-bond acceptors (Lipinski definition) is 4. The molecule has 3 N–H and O–H groups in total. The zero-order valence-electron chi connectivity index (χ0n) is 10.9. The van der Waals surface area contributed by atoms with E-state index in [-0.39, 0.29) is 26.0 Å². The van der Waals surface area contributed by atoms with Crippen LogP contribution in [-0.4, -0.2) is 47.3 Å². The molecule has 1 aromatic carbocycles. The molecule has 0 heterocycles. The van der Waals surface area contributed by atoms with Crippen LogP contribution in [0.3, 0.4) is 0 Å². The molecule has 0 spiro atoms. The van der Waals surface area contributed by atoms with Crippen molar-refractivity contribution in [2.45, 2.75) is 36.3 Å². The van der Waals surface area contributed by atoms with E-state index in [1.54, 1.807) is 12.1 Å². The number of nitrogens with two attached hydrogens (primary N) is 1. The van der Waals surface area contributed by atoms with Gasteiger partial charge in [0.2, 0.25) is 0 Å². The molecule has 1 unspecified atom stereocenters. The Kier molecular flexibility index (Phi) is 6.46. The molecule has 0 aliphatic carbocycles. The molecule has 0 amide bonds. The van der Waals surface area contributed by atoms with E-state index in [2.05, 4.69) is 0 Å². The Morgan fingerprint density at radius 3 is 2.37 bits per heavy atom. The van der Waals surface area contributed by atoms with E-state index in [0.29, 0.717) is 11.9 Å². The van der Waals surface area contributed by atoms with Gasteiger partial charge in [-0.25, -0.2) is 0 Å². The van der Waals surface area contributed by atoms with Gasteiger partial charge in [0, 0.05) is 0 Å². The van der Waals surface area contributed by atoms with E-state index < -0.39 is 16.1 Å². The van der Waals surface area contributed by atoms with E-state index in [1.807, 2.05) is 13.8 Å². The summed E-state index contributed by atoms with van der Waals surface area (Å²) in [6.07, 6.45) is -0.378. The van der Waals surface area contributed by atoms with Crippen molar-refractivity contribution in [3.63, 3.8) is 0 Å². The Morgan fingerprint density at radius 1 is 1.32 bits per heavy atom. The standard InChI is InChI=1S/C12H19NO4SSe/c1-9(2)17-7-10(14)8-19-12-5-3-11(4-6-12)18(13,15)16/h3-6,9-10,14H,7-8H2,1-2H3,(H2,13,15,16). The van der Waals surface area contributed by atoms with E-state index in [4.69, 9.17) is 9.88 Å². The van der Waals surface area contributed by atoms with Crippen LogP contribution in [0.25, 0.3) is 0 Å². The number of benzene rings is 1. The molecule has 0 saturated heterocycles. The van der Waals surface area contributed by atoms with Crippen LogP contribution >= 0.6 is 0 Å². The molecule has 19 heavy (non-hydrogen) atoms. The maximum atomic E-state index is 11.1. The second-order valence-electron chi connectivity index (χ2n) is 4.36. The molecule has 0 bridgehead atoms. The number of hydrogen-bond donors (Lipinski definition) is 2. The SMILES string of the molecule is CC(C)OCC(O)C[Se]c1ccc(S(N)(=O)=O)cc1. The van der Waals surface area contributed by atoms with E-state index in [0.717, 1.165) is 4.46 Å². The van der Waals surface area contributed by atoms with Crippen molar-refractivity contribution < 1.29 is 18.3 Å². The van der Waals surface area contributed by atoms with Gasteiger partial charge in [0.1, 0.15) is 0 Å². The molecule has 1 rings (SSSR count). The first-order chi connectivity index (χ1) is 8.79. The van der Waals surface area contributed by atoms with E-state index >= 15 is 0 Å². The fraction of sp³-hybridized carbons (Fsp3) is 0.500. The van der Waals surface area contributed by atoms with Crippen LogP contribution in [0.2, 0.25) is 5.32 Å². The summed E-state index contributed by atoms with van der Waals surface area (Å²) in [5, 5.41) is 15.4. The molecule has 0 radical (unpaired) electrons. The van der Waals surface area contributed by atoms with Gasteiger partial charge in [-0.15, -0.1) is 0 Å². The van der Waals surface area contributed by atoms with Crippen LogP contribution in [0.4, 0.5) is 0 Å². The molecule has 5 nitrogen and oxygen atoms in total. The number of rotatable bonds is 7. The first kappa shape index (κ1) is 16.6. The summed E-state index contributed by atoms with van der Waals surface area (Å²) in [6.45, 7) is 4.17.